The molecule has 2 aromatic rings. The second-order valence-corrected chi connectivity index (χ2v) is 3.55. The first-order chi connectivity index (χ1) is 8.18. The van der Waals surface area contributed by atoms with Crippen LogP contribution in [-0.2, 0) is 0 Å². The van der Waals surface area contributed by atoms with Crippen molar-refractivity contribution in [2.45, 2.75) is 0 Å². The van der Waals surface area contributed by atoms with Crippen LogP contribution >= 0.6 is 11.6 Å². The number of carbonyl (C=O) groups excluding carboxylic acids is 1. The van der Waals surface area contributed by atoms with Crippen LogP contribution in [0.4, 0.5) is 10.1 Å². The molecule has 1 amide bonds. The van der Waals surface area contributed by atoms with Crippen LogP contribution in [-0.4, -0.2) is 15.9 Å². The van der Waals surface area contributed by atoms with Crippen LogP contribution in [0.3, 0.4) is 0 Å². The first-order valence-corrected chi connectivity index (χ1v) is 5.07. The van der Waals surface area contributed by atoms with Gasteiger partial charge in [-0.25, -0.2) is 9.37 Å². The van der Waals surface area contributed by atoms with E-state index in [1.807, 2.05) is 0 Å². The van der Waals surface area contributed by atoms with Crippen LogP contribution in [0.5, 0.6) is 0 Å². The fourth-order valence-corrected chi connectivity index (χ4v) is 1.38. The minimum Gasteiger partial charge on any atom is -0.318 e. The number of halogens is 2. The van der Waals surface area contributed by atoms with Gasteiger partial charge in [-0.3, -0.25) is 9.78 Å². The Morgan fingerprint density at radius 2 is 2.18 bits per heavy atom. The molecule has 6 heteroatoms. The lowest BCUT2D eigenvalue weighted by Crippen LogP contribution is -2.14. The molecule has 0 radical (unpaired) electrons. The molecule has 0 aliphatic carbocycles. The van der Waals surface area contributed by atoms with E-state index < -0.39 is 11.7 Å². The number of rotatable bonds is 2. The Hall–Kier alpha value is -2.01. The molecule has 1 aromatic heterocycles. The number of nitrogens with zero attached hydrogens (tertiary/aromatic N) is 2. The molecule has 0 saturated heterocycles. The van der Waals surface area contributed by atoms with E-state index in [9.17, 15) is 9.18 Å². The second-order valence-electron chi connectivity index (χ2n) is 3.15. The third-order valence-corrected chi connectivity index (χ3v) is 2.29. The minimum absolute atomic E-state index is 0.00755. The predicted octanol–water partition coefficient (Wildman–Crippen LogP) is 2.52. The van der Waals surface area contributed by atoms with Crippen molar-refractivity contribution in [3.05, 3.63) is 53.3 Å². The third-order valence-electron chi connectivity index (χ3n) is 2.00. The molecule has 4 nitrogen and oxygen atoms in total. The summed E-state index contributed by atoms with van der Waals surface area (Å²) in [6.45, 7) is 0. The second kappa shape index (κ2) is 4.88. The van der Waals surface area contributed by atoms with Gasteiger partial charge in [0, 0.05) is 12.4 Å². The van der Waals surface area contributed by atoms with Gasteiger partial charge in [0.2, 0.25) is 0 Å². The Morgan fingerprint density at radius 3 is 2.88 bits per heavy atom. The van der Waals surface area contributed by atoms with E-state index in [2.05, 4.69) is 15.3 Å². The van der Waals surface area contributed by atoms with Crippen LogP contribution in [0.2, 0.25) is 5.02 Å². The van der Waals surface area contributed by atoms with Gasteiger partial charge in [0.05, 0.1) is 16.9 Å². The monoisotopic (exact) mass is 251 g/mol. The van der Waals surface area contributed by atoms with Crippen LogP contribution in [0.15, 0.2) is 36.8 Å². The lowest BCUT2D eigenvalue weighted by Gasteiger charge is -2.06. The molecular weight excluding hydrogens is 245 g/mol. The van der Waals surface area contributed by atoms with Gasteiger partial charge in [-0.1, -0.05) is 17.7 Å². The van der Waals surface area contributed by atoms with Crippen molar-refractivity contribution < 1.29 is 9.18 Å². The zero-order valence-corrected chi connectivity index (χ0v) is 9.28. The molecule has 0 spiro atoms. The molecule has 86 valence electrons. The van der Waals surface area contributed by atoms with Crippen molar-refractivity contribution >= 4 is 23.2 Å². The SMILES string of the molecule is O=C(Nc1cccc(Cl)c1F)c1cnccn1. The number of carbonyl (C=O) groups is 1. The lowest BCUT2D eigenvalue weighted by atomic mass is 10.3. The summed E-state index contributed by atoms with van der Waals surface area (Å²) in [6.07, 6.45) is 4.11. The highest BCUT2D eigenvalue weighted by Crippen LogP contribution is 2.22. The highest BCUT2D eigenvalue weighted by molar-refractivity contribution is 6.31. The summed E-state index contributed by atoms with van der Waals surface area (Å²) < 4.78 is 13.5. The number of hydrogen-bond acceptors (Lipinski definition) is 3. The first-order valence-electron chi connectivity index (χ1n) is 4.70. The van der Waals surface area contributed by atoms with Crippen molar-refractivity contribution in [1.82, 2.24) is 9.97 Å². The summed E-state index contributed by atoms with van der Waals surface area (Å²) in [5.41, 5.74) is 0.111. The standard InChI is InChI=1S/C11H7ClFN3O/c12-7-2-1-3-8(10(7)13)16-11(17)9-6-14-4-5-15-9/h1-6H,(H,16,17). The molecule has 0 unspecified atom stereocenters. The van der Waals surface area contributed by atoms with Crippen molar-refractivity contribution in [2.24, 2.45) is 0 Å². The average molecular weight is 252 g/mol. The van der Waals surface area contributed by atoms with Gasteiger partial charge < -0.3 is 5.32 Å². The lowest BCUT2D eigenvalue weighted by molar-refractivity contribution is 0.102. The normalized spacial score (nSPS) is 10.0. The number of aromatic nitrogens is 2. The Labute approximate surface area is 101 Å². The summed E-state index contributed by atoms with van der Waals surface area (Å²) >= 11 is 5.59. The van der Waals surface area contributed by atoms with Gasteiger partial charge in [0.1, 0.15) is 5.69 Å². The fourth-order valence-electron chi connectivity index (χ4n) is 1.20. The Balaban J connectivity index is 2.22. The zero-order valence-electron chi connectivity index (χ0n) is 8.52. The first kappa shape index (κ1) is 11.5. The minimum atomic E-state index is -0.675. The average Bonchev–Trinajstić information content (AvgIpc) is 2.36. The molecule has 17 heavy (non-hydrogen) atoms. The largest absolute Gasteiger partial charge is 0.318 e. The fraction of sp³-hybridized carbons (Fsp3) is 0. The van der Waals surface area contributed by atoms with E-state index in [1.165, 1.54) is 36.8 Å². The van der Waals surface area contributed by atoms with E-state index in [-0.39, 0.29) is 16.4 Å². The number of amides is 1. The predicted molar refractivity (Wildman–Crippen MR) is 61.4 cm³/mol. The Morgan fingerprint density at radius 1 is 1.35 bits per heavy atom. The van der Waals surface area contributed by atoms with E-state index in [1.54, 1.807) is 0 Å². The van der Waals surface area contributed by atoms with E-state index in [0.717, 1.165) is 0 Å². The summed E-state index contributed by atoms with van der Waals surface area (Å²) in [4.78, 5) is 19.2. The van der Waals surface area contributed by atoms with Gasteiger partial charge in [0.25, 0.3) is 5.91 Å². The molecule has 1 aromatic carbocycles. The van der Waals surface area contributed by atoms with Crippen molar-refractivity contribution in [1.29, 1.82) is 0 Å². The highest BCUT2D eigenvalue weighted by Gasteiger charge is 2.11. The third kappa shape index (κ3) is 2.57. The van der Waals surface area contributed by atoms with Crippen molar-refractivity contribution in [2.75, 3.05) is 5.32 Å². The van der Waals surface area contributed by atoms with E-state index >= 15 is 0 Å². The Bertz CT molecular complexity index is 548. The summed E-state index contributed by atoms with van der Waals surface area (Å²) in [7, 11) is 0. The van der Waals surface area contributed by atoms with Crippen molar-refractivity contribution in [3.8, 4) is 0 Å². The molecule has 0 atom stereocenters. The number of anilines is 1. The van der Waals surface area contributed by atoms with Gasteiger partial charge in [-0.05, 0) is 12.1 Å². The van der Waals surface area contributed by atoms with Crippen LogP contribution in [0.25, 0.3) is 0 Å². The number of nitrogens with one attached hydrogen (secondary N) is 1. The molecule has 1 N–H and O–H groups in total. The van der Waals surface area contributed by atoms with Gasteiger partial charge in [-0.15, -0.1) is 0 Å². The summed E-state index contributed by atoms with van der Waals surface area (Å²) in [5.74, 6) is -1.22. The molecule has 0 bridgehead atoms. The number of benzene rings is 1. The van der Waals surface area contributed by atoms with Crippen LogP contribution in [0, 0.1) is 5.82 Å². The smallest absolute Gasteiger partial charge is 0.275 e. The molecular formula is C11H7ClFN3O. The molecule has 2 rings (SSSR count). The van der Waals surface area contributed by atoms with Crippen LogP contribution < -0.4 is 5.32 Å². The van der Waals surface area contributed by atoms with E-state index in [0.29, 0.717) is 0 Å². The summed E-state index contributed by atoms with van der Waals surface area (Å²) in [6, 6.07) is 4.35. The van der Waals surface area contributed by atoms with Gasteiger partial charge >= 0.3 is 0 Å². The van der Waals surface area contributed by atoms with Gasteiger partial charge in [0.15, 0.2) is 5.82 Å². The molecule has 0 fully saturated rings. The topological polar surface area (TPSA) is 54.9 Å². The maximum Gasteiger partial charge on any atom is 0.275 e. The Kier molecular flexibility index (Phi) is 3.30. The highest BCUT2D eigenvalue weighted by atomic mass is 35.5. The van der Waals surface area contributed by atoms with Gasteiger partial charge in [-0.2, -0.15) is 0 Å². The molecule has 0 saturated carbocycles. The van der Waals surface area contributed by atoms with E-state index in [4.69, 9.17) is 11.6 Å². The number of hydrogen-bond donors (Lipinski definition) is 1. The summed E-state index contributed by atoms with van der Waals surface area (Å²) in [5, 5.41) is 2.31. The molecule has 0 aliphatic heterocycles. The van der Waals surface area contributed by atoms with Crippen LogP contribution in [0.1, 0.15) is 10.5 Å². The molecule has 1 heterocycles. The zero-order chi connectivity index (χ0) is 12.3. The molecule has 0 aliphatic rings. The maximum atomic E-state index is 13.5. The van der Waals surface area contributed by atoms with Crippen molar-refractivity contribution in [3.63, 3.8) is 0 Å². The quantitative estimate of drug-likeness (QED) is 0.892. The maximum absolute atomic E-state index is 13.5.